The zero-order chi connectivity index (χ0) is 14.8. The lowest BCUT2D eigenvalue weighted by molar-refractivity contribution is 0.311. The molecule has 1 N–H and O–H groups in total. The molecule has 4 heteroatoms. The van der Waals surface area contributed by atoms with Crippen molar-refractivity contribution in [3.05, 3.63) is 34.8 Å². The molecule has 1 aromatic carbocycles. The van der Waals surface area contributed by atoms with Crippen molar-refractivity contribution in [3.8, 4) is 11.5 Å². The van der Waals surface area contributed by atoms with E-state index < -0.39 is 0 Å². The zero-order valence-electron chi connectivity index (χ0n) is 12.4. The third kappa shape index (κ3) is 6.44. The summed E-state index contributed by atoms with van der Waals surface area (Å²) in [5, 5.41) is 3.39. The predicted octanol–water partition coefficient (Wildman–Crippen LogP) is 4.26. The lowest BCUT2D eigenvalue weighted by atomic mass is 10.2. The lowest BCUT2D eigenvalue weighted by Crippen LogP contribution is -2.15. The third-order valence-electron chi connectivity index (χ3n) is 2.64. The van der Waals surface area contributed by atoms with Crippen molar-refractivity contribution in [1.29, 1.82) is 0 Å². The van der Waals surface area contributed by atoms with Crippen molar-refractivity contribution in [1.82, 2.24) is 5.32 Å². The molecule has 1 rings (SSSR count). The van der Waals surface area contributed by atoms with E-state index in [9.17, 15) is 0 Å². The Morgan fingerprint density at radius 3 is 2.70 bits per heavy atom. The second kappa shape index (κ2) is 9.83. The first-order chi connectivity index (χ1) is 9.67. The molecule has 3 nitrogen and oxygen atoms in total. The van der Waals surface area contributed by atoms with Gasteiger partial charge in [0.15, 0.2) is 0 Å². The first-order valence-electron chi connectivity index (χ1n) is 7.09. The van der Waals surface area contributed by atoms with Gasteiger partial charge in [-0.2, -0.15) is 0 Å². The van der Waals surface area contributed by atoms with E-state index in [1.54, 1.807) is 0 Å². The first-order valence-corrected chi connectivity index (χ1v) is 7.89. The van der Waals surface area contributed by atoms with E-state index in [1.807, 2.05) is 12.1 Å². The molecule has 0 aliphatic heterocycles. The minimum Gasteiger partial charge on any atom is -0.493 e. The van der Waals surface area contributed by atoms with E-state index in [1.165, 1.54) is 0 Å². The molecule has 1 aromatic rings. The smallest absolute Gasteiger partial charge is 0.128 e. The molecular weight excluding hydrogens is 318 g/mol. The Morgan fingerprint density at radius 2 is 2.05 bits per heavy atom. The van der Waals surface area contributed by atoms with Gasteiger partial charge in [-0.15, -0.1) is 0 Å². The number of hydrogen-bond acceptors (Lipinski definition) is 3. The number of ether oxygens (including phenoxy) is 2. The van der Waals surface area contributed by atoms with Gasteiger partial charge in [-0.05, 0) is 25.5 Å². The van der Waals surface area contributed by atoms with E-state index in [0.717, 1.165) is 54.1 Å². The highest BCUT2D eigenvalue weighted by atomic mass is 79.9. The van der Waals surface area contributed by atoms with Crippen molar-refractivity contribution in [3.63, 3.8) is 0 Å². The SMILES string of the molecule is C=C(Br)COc1cc(OCCC)ccc1CNCCC. The van der Waals surface area contributed by atoms with Crippen LogP contribution in [0.3, 0.4) is 0 Å². The summed E-state index contributed by atoms with van der Waals surface area (Å²) in [6.07, 6.45) is 2.11. The summed E-state index contributed by atoms with van der Waals surface area (Å²) in [6.45, 7) is 11.0. The van der Waals surface area contributed by atoms with Crippen molar-refractivity contribution >= 4 is 15.9 Å². The molecule has 0 unspecified atom stereocenters. The van der Waals surface area contributed by atoms with Crippen LogP contribution in [0.4, 0.5) is 0 Å². The monoisotopic (exact) mass is 341 g/mol. The Kier molecular flexibility index (Phi) is 8.38. The van der Waals surface area contributed by atoms with Crippen LogP contribution in [0.25, 0.3) is 0 Å². The van der Waals surface area contributed by atoms with E-state index in [-0.39, 0.29) is 0 Å². The summed E-state index contributed by atoms with van der Waals surface area (Å²) < 4.78 is 12.3. The molecule has 20 heavy (non-hydrogen) atoms. The number of benzene rings is 1. The highest BCUT2D eigenvalue weighted by Crippen LogP contribution is 2.26. The molecule has 0 fully saturated rings. The number of rotatable bonds is 10. The Morgan fingerprint density at radius 1 is 1.25 bits per heavy atom. The third-order valence-corrected chi connectivity index (χ3v) is 2.87. The maximum atomic E-state index is 5.78. The maximum absolute atomic E-state index is 5.78. The summed E-state index contributed by atoms with van der Waals surface area (Å²) >= 11 is 3.31. The van der Waals surface area contributed by atoms with Gasteiger partial charge in [0.25, 0.3) is 0 Å². The molecule has 0 saturated heterocycles. The van der Waals surface area contributed by atoms with Gasteiger partial charge in [0.2, 0.25) is 0 Å². The van der Waals surface area contributed by atoms with Crippen LogP contribution >= 0.6 is 15.9 Å². The normalized spacial score (nSPS) is 10.3. The van der Waals surface area contributed by atoms with Gasteiger partial charge < -0.3 is 14.8 Å². The van der Waals surface area contributed by atoms with E-state index in [4.69, 9.17) is 9.47 Å². The summed E-state index contributed by atoms with van der Waals surface area (Å²) in [4.78, 5) is 0. The predicted molar refractivity (Wildman–Crippen MR) is 87.8 cm³/mol. The lowest BCUT2D eigenvalue weighted by Gasteiger charge is -2.14. The molecule has 0 heterocycles. The highest BCUT2D eigenvalue weighted by molar-refractivity contribution is 9.11. The van der Waals surface area contributed by atoms with Gasteiger partial charge in [0.05, 0.1) is 6.61 Å². The Labute approximate surface area is 130 Å². The molecule has 0 saturated carbocycles. The van der Waals surface area contributed by atoms with Crippen LogP contribution in [0.1, 0.15) is 32.3 Å². The second-order valence-corrected chi connectivity index (χ2v) is 5.72. The van der Waals surface area contributed by atoms with Gasteiger partial charge in [-0.25, -0.2) is 0 Å². The molecule has 0 spiro atoms. The highest BCUT2D eigenvalue weighted by Gasteiger charge is 2.06. The fourth-order valence-electron chi connectivity index (χ4n) is 1.68. The van der Waals surface area contributed by atoms with Crippen LogP contribution in [0.15, 0.2) is 29.3 Å². The minimum absolute atomic E-state index is 0.456. The fraction of sp³-hybridized carbons (Fsp3) is 0.500. The number of nitrogens with one attached hydrogen (secondary N) is 1. The molecule has 112 valence electrons. The Balaban J connectivity index is 2.76. The molecule has 0 amide bonds. The van der Waals surface area contributed by atoms with Gasteiger partial charge in [0.1, 0.15) is 18.1 Å². The topological polar surface area (TPSA) is 30.5 Å². The van der Waals surface area contributed by atoms with Crippen LogP contribution in [-0.2, 0) is 6.54 Å². The average Bonchev–Trinajstić information content (AvgIpc) is 2.44. The largest absolute Gasteiger partial charge is 0.493 e. The first kappa shape index (κ1) is 17.1. The molecule has 0 radical (unpaired) electrons. The molecule has 0 aromatic heterocycles. The zero-order valence-corrected chi connectivity index (χ0v) is 14.0. The van der Waals surface area contributed by atoms with E-state index >= 15 is 0 Å². The Hall–Kier alpha value is -1.00. The number of halogens is 1. The van der Waals surface area contributed by atoms with Gasteiger partial charge in [-0.3, -0.25) is 0 Å². The van der Waals surface area contributed by atoms with E-state index in [2.05, 4.69) is 47.7 Å². The average molecular weight is 342 g/mol. The Bertz CT molecular complexity index is 421. The summed E-state index contributed by atoms with van der Waals surface area (Å²) in [5.41, 5.74) is 1.14. The fourth-order valence-corrected chi connectivity index (χ4v) is 1.80. The molecule has 0 aliphatic carbocycles. The summed E-state index contributed by atoms with van der Waals surface area (Å²) in [6, 6.07) is 6.00. The molecule has 0 bridgehead atoms. The van der Waals surface area contributed by atoms with E-state index in [0.29, 0.717) is 6.61 Å². The summed E-state index contributed by atoms with van der Waals surface area (Å²) in [7, 11) is 0. The van der Waals surface area contributed by atoms with Crippen molar-refractivity contribution in [2.24, 2.45) is 0 Å². The van der Waals surface area contributed by atoms with Crippen LogP contribution in [0.5, 0.6) is 11.5 Å². The van der Waals surface area contributed by atoms with Crippen LogP contribution < -0.4 is 14.8 Å². The van der Waals surface area contributed by atoms with Gasteiger partial charge in [-0.1, -0.05) is 42.4 Å². The quantitative estimate of drug-likeness (QED) is 0.645. The van der Waals surface area contributed by atoms with Crippen molar-refractivity contribution < 1.29 is 9.47 Å². The second-order valence-electron chi connectivity index (χ2n) is 4.60. The maximum Gasteiger partial charge on any atom is 0.128 e. The van der Waals surface area contributed by atoms with Gasteiger partial charge >= 0.3 is 0 Å². The van der Waals surface area contributed by atoms with Gasteiger partial charge in [0, 0.05) is 22.7 Å². The minimum atomic E-state index is 0.456. The molecule has 0 aliphatic rings. The standard InChI is InChI=1S/C16H24BrNO2/c1-4-8-18-11-14-6-7-15(19-9-5-2)10-16(14)20-12-13(3)17/h6-7,10,18H,3-5,8-9,11-12H2,1-2H3. The number of hydrogen-bond donors (Lipinski definition) is 1. The molecular formula is C16H24BrNO2. The molecule has 0 atom stereocenters. The van der Waals surface area contributed by atoms with Crippen molar-refractivity contribution in [2.75, 3.05) is 19.8 Å². The summed E-state index contributed by atoms with van der Waals surface area (Å²) in [5.74, 6) is 1.70. The van der Waals surface area contributed by atoms with Crippen LogP contribution in [0, 0.1) is 0 Å². The van der Waals surface area contributed by atoms with Crippen LogP contribution in [-0.4, -0.2) is 19.8 Å². The van der Waals surface area contributed by atoms with Crippen LogP contribution in [0.2, 0.25) is 0 Å². The van der Waals surface area contributed by atoms with Crippen molar-refractivity contribution in [2.45, 2.75) is 33.2 Å².